The monoisotopic (exact) mass is 271 g/mol. The number of benzene rings is 1. The first-order valence-corrected chi connectivity index (χ1v) is 7.37. The summed E-state index contributed by atoms with van der Waals surface area (Å²) in [6, 6.07) is 8.33. The van der Waals surface area contributed by atoms with E-state index >= 15 is 0 Å². The summed E-state index contributed by atoms with van der Waals surface area (Å²) in [5, 5.41) is 4.17. The number of rotatable bonds is 4. The predicted molar refractivity (Wildman–Crippen MR) is 77.3 cm³/mol. The Hall–Kier alpha value is -1.68. The third-order valence-corrected chi connectivity index (χ3v) is 4.44. The highest BCUT2D eigenvalue weighted by Crippen LogP contribution is 2.37. The summed E-state index contributed by atoms with van der Waals surface area (Å²) in [6.07, 6.45) is 3.14. The first kappa shape index (κ1) is 13.3. The van der Waals surface area contributed by atoms with Crippen molar-refractivity contribution >= 4 is 0 Å². The van der Waals surface area contributed by atoms with Crippen molar-refractivity contribution in [3.05, 3.63) is 47.1 Å². The minimum Gasteiger partial charge on any atom is -0.338 e. The lowest BCUT2D eigenvalue weighted by Crippen LogP contribution is -2.19. The van der Waals surface area contributed by atoms with Crippen molar-refractivity contribution in [3.8, 4) is 0 Å². The Balaban J connectivity index is 1.85. The number of fused-ring (bicyclic) bond motifs is 1. The molecule has 0 radical (unpaired) electrons. The van der Waals surface area contributed by atoms with Crippen molar-refractivity contribution in [2.45, 2.75) is 45.1 Å². The van der Waals surface area contributed by atoms with E-state index in [4.69, 9.17) is 10.3 Å². The summed E-state index contributed by atoms with van der Waals surface area (Å²) in [4.78, 5) is 4.56. The summed E-state index contributed by atoms with van der Waals surface area (Å²) in [5.41, 5.74) is 8.89. The summed E-state index contributed by atoms with van der Waals surface area (Å²) < 4.78 is 5.39. The zero-order chi connectivity index (χ0) is 14.1. The number of hydrogen-bond donors (Lipinski definition) is 1. The lowest BCUT2D eigenvalue weighted by Gasteiger charge is -2.13. The zero-order valence-corrected chi connectivity index (χ0v) is 12.0. The first-order chi connectivity index (χ1) is 9.70. The van der Waals surface area contributed by atoms with Gasteiger partial charge in [0.1, 0.15) is 0 Å². The molecule has 0 aliphatic heterocycles. The Morgan fingerprint density at radius 3 is 3.00 bits per heavy atom. The quantitative estimate of drug-likeness (QED) is 0.927. The van der Waals surface area contributed by atoms with E-state index in [1.807, 2.05) is 0 Å². The van der Waals surface area contributed by atoms with Gasteiger partial charge in [0.2, 0.25) is 5.89 Å². The third kappa shape index (κ3) is 2.24. The molecule has 0 saturated carbocycles. The molecule has 1 aliphatic rings. The van der Waals surface area contributed by atoms with Gasteiger partial charge in [0, 0.05) is 5.92 Å². The fraction of sp³-hybridized carbons (Fsp3) is 0.500. The van der Waals surface area contributed by atoms with Crippen LogP contribution in [0.1, 0.15) is 61.5 Å². The van der Waals surface area contributed by atoms with Crippen molar-refractivity contribution in [1.82, 2.24) is 10.1 Å². The van der Waals surface area contributed by atoms with E-state index in [1.165, 1.54) is 11.1 Å². The van der Waals surface area contributed by atoms with Gasteiger partial charge in [0.15, 0.2) is 5.82 Å². The Labute approximate surface area is 119 Å². The number of nitrogens with zero attached hydrogens (tertiary/aromatic N) is 2. The van der Waals surface area contributed by atoms with Gasteiger partial charge < -0.3 is 10.3 Å². The van der Waals surface area contributed by atoms with Gasteiger partial charge in [-0.1, -0.05) is 49.7 Å². The van der Waals surface area contributed by atoms with Gasteiger partial charge in [-0.05, 0) is 29.9 Å². The molecule has 2 unspecified atom stereocenters. The van der Waals surface area contributed by atoms with Crippen LogP contribution in [0.5, 0.6) is 0 Å². The summed E-state index contributed by atoms with van der Waals surface area (Å²) in [5.74, 6) is 1.95. The molecule has 0 fully saturated rings. The molecular formula is C16H21N3O. The van der Waals surface area contributed by atoms with Crippen molar-refractivity contribution in [1.29, 1.82) is 0 Å². The number of nitrogens with two attached hydrogens (primary N) is 1. The van der Waals surface area contributed by atoms with Gasteiger partial charge in [-0.3, -0.25) is 0 Å². The molecule has 3 atom stereocenters. The molecule has 0 saturated heterocycles. The molecule has 1 aliphatic carbocycles. The van der Waals surface area contributed by atoms with E-state index in [0.717, 1.165) is 25.1 Å². The van der Waals surface area contributed by atoms with Crippen LogP contribution in [0.2, 0.25) is 0 Å². The number of aryl methyl sites for hydroxylation is 1. The molecule has 106 valence electrons. The van der Waals surface area contributed by atoms with E-state index in [-0.39, 0.29) is 12.0 Å². The van der Waals surface area contributed by atoms with E-state index in [0.29, 0.717) is 11.8 Å². The van der Waals surface area contributed by atoms with E-state index in [9.17, 15) is 0 Å². The van der Waals surface area contributed by atoms with Crippen molar-refractivity contribution in [2.75, 3.05) is 0 Å². The van der Waals surface area contributed by atoms with Gasteiger partial charge in [0.05, 0.1) is 6.04 Å². The second-order valence-corrected chi connectivity index (χ2v) is 5.69. The van der Waals surface area contributed by atoms with Crippen LogP contribution in [-0.4, -0.2) is 10.1 Å². The summed E-state index contributed by atoms with van der Waals surface area (Å²) >= 11 is 0. The van der Waals surface area contributed by atoms with Crippen LogP contribution in [-0.2, 0) is 6.42 Å². The van der Waals surface area contributed by atoms with Gasteiger partial charge in [-0.25, -0.2) is 0 Å². The molecule has 20 heavy (non-hydrogen) atoms. The minimum absolute atomic E-state index is 0.169. The molecule has 0 amide bonds. The average molecular weight is 271 g/mol. The van der Waals surface area contributed by atoms with Crippen molar-refractivity contribution in [3.63, 3.8) is 0 Å². The highest BCUT2D eigenvalue weighted by atomic mass is 16.5. The van der Waals surface area contributed by atoms with Crippen LogP contribution in [0.3, 0.4) is 0 Å². The largest absolute Gasteiger partial charge is 0.338 e. The van der Waals surface area contributed by atoms with Gasteiger partial charge in [-0.2, -0.15) is 4.98 Å². The fourth-order valence-electron chi connectivity index (χ4n) is 2.85. The highest BCUT2D eigenvalue weighted by Gasteiger charge is 2.29. The smallest absolute Gasteiger partial charge is 0.243 e. The average Bonchev–Trinajstić information content (AvgIpc) is 3.11. The zero-order valence-electron chi connectivity index (χ0n) is 12.0. The summed E-state index contributed by atoms with van der Waals surface area (Å²) in [7, 11) is 0. The molecule has 0 bridgehead atoms. The SMILES string of the molecule is CCC(C)[C@H](N)c1nc(C2CCc3ccccc32)no1. The van der Waals surface area contributed by atoms with Crippen LogP contribution in [0.4, 0.5) is 0 Å². The normalized spacial score (nSPS) is 20.6. The topological polar surface area (TPSA) is 64.9 Å². The molecule has 2 aromatic rings. The van der Waals surface area contributed by atoms with Gasteiger partial charge in [0.25, 0.3) is 0 Å². The third-order valence-electron chi connectivity index (χ3n) is 4.44. The molecule has 3 rings (SSSR count). The maximum Gasteiger partial charge on any atom is 0.243 e. The van der Waals surface area contributed by atoms with Crippen molar-refractivity contribution < 1.29 is 4.52 Å². The molecule has 2 N–H and O–H groups in total. The molecule has 4 heteroatoms. The number of hydrogen-bond acceptors (Lipinski definition) is 4. The van der Waals surface area contributed by atoms with Crippen LogP contribution < -0.4 is 5.73 Å². The number of aromatic nitrogens is 2. The Morgan fingerprint density at radius 1 is 1.40 bits per heavy atom. The maximum absolute atomic E-state index is 6.16. The summed E-state index contributed by atoms with van der Waals surface area (Å²) in [6.45, 7) is 4.23. The highest BCUT2D eigenvalue weighted by molar-refractivity contribution is 5.38. The molecule has 1 aromatic carbocycles. The molecule has 1 heterocycles. The Kier molecular flexibility index (Phi) is 3.57. The van der Waals surface area contributed by atoms with E-state index in [2.05, 4.69) is 48.3 Å². The lowest BCUT2D eigenvalue weighted by atomic mass is 9.99. The Bertz CT molecular complexity index is 593. The molecule has 4 nitrogen and oxygen atoms in total. The van der Waals surface area contributed by atoms with E-state index in [1.54, 1.807) is 0 Å². The minimum atomic E-state index is -0.169. The predicted octanol–water partition coefficient (Wildman–Crippen LogP) is 3.19. The van der Waals surface area contributed by atoms with Gasteiger partial charge in [-0.15, -0.1) is 0 Å². The van der Waals surface area contributed by atoms with Crippen LogP contribution in [0, 0.1) is 5.92 Å². The van der Waals surface area contributed by atoms with Crippen molar-refractivity contribution in [2.24, 2.45) is 11.7 Å². The van der Waals surface area contributed by atoms with Gasteiger partial charge >= 0.3 is 0 Å². The second-order valence-electron chi connectivity index (χ2n) is 5.69. The van der Waals surface area contributed by atoms with Crippen LogP contribution in [0.15, 0.2) is 28.8 Å². The fourth-order valence-corrected chi connectivity index (χ4v) is 2.85. The molecule has 0 spiro atoms. The molecular weight excluding hydrogens is 250 g/mol. The van der Waals surface area contributed by atoms with Crippen LogP contribution >= 0.6 is 0 Å². The first-order valence-electron chi connectivity index (χ1n) is 7.37. The standard InChI is InChI=1S/C16H21N3O/c1-3-10(2)14(17)16-18-15(19-20-16)13-9-8-11-6-4-5-7-12(11)13/h4-7,10,13-14H,3,8-9,17H2,1-2H3/t10?,13?,14-/m0/s1. The second kappa shape index (κ2) is 5.37. The molecule has 1 aromatic heterocycles. The lowest BCUT2D eigenvalue weighted by molar-refractivity contribution is 0.310. The van der Waals surface area contributed by atoms with E-state index < -0.39 is 0 Å². The Morgan fingerprint density at radius 2 is 2.20 bits per heavy atom. The maximum atomic E-state index is 6.16. The van der Waals surface area contributed by atoms with Crippen LogP contribution in [0.25, 0.3) is 0 Å².